The zero-order chi connectivity index (χ0) is 23.7. The molecule has 0 fully saturated rings. The predicted molar refractivity (Wildman–Crippen MR) is 137 cm³/mol. The molecule has 4 aromatic rings. The maximum Gasteiger partial charge on any atom is 0.258 e. The Morgan fingerprint density at radius 2 is 1.94 bits per heavy atom. The summed E-state index contributed by atoms with van der Waals surface area (Å²) in [6.07, 6.45) is 0.854. The van der Waals surface area contributed by atoms with Gasteiger partial charge in [0, 0.05) is 22.7 Å². The molecule has 1 unspecified atom stereocenters. The summed E-state index contributed by atoms with van der Waals surface area (Å²) in [7, 11) is 0. The summed E-state index contributed by atoms with van der Waals surface area (Å²) in [6, 6.07) is 18.2. The quantitative estimate of drug-likeness (QED) is 0.327. The molecule has 3 heterocycles. The van der Waals surface area contributed by atoms with Crippen LogP contribution in [-0.2, 0) is 6.42 Å². The van der Waals surface area contributed by atoms with E-state index < -0.39 is 6.04 Å². The Morgan fingerprint density at radius 1 is 1.12 bits per heavy atom. The fourth-order valence-corrected chi connectivity index (χ4v) is 5.14. The molecule has 0 bridgehead atoms. The molecule has 5 nitrogen and oxygen atoms in total. The van der Waals surface area contributed by atoms with Crippen LogP contribution in [0.5, 0.6) is 0 Å². The SMILES string of the molecule is CC1=C(c2nc(-c3ccc(C)cc3)no2)C(c2cccc(F)c2)NC(=S)N1CCc1cccs1. The minimum atomic E-state index is -0.410. The monoisotopic (exact) mass is 490 g/mol. The number of aryl methyl sites for hydroxylation is 1. The number of allylic oxidation sites excluding steroid dienone is 1. The van der Waals surface area contributed by atoms with Crippen LogP contribution in [0.15, 0.2) is 76.3 Å². The number of halogens is 1. The first-order valence-corrected chi connectivity index (χ1v) is 12.3. The van der Waals surface area contributed by atoms with Crippen molar-refractivity contribution in [3.63, 3.8) is 0 Å². The molecule has 1 aliphatic heterocycles. The third kappa shape index (κ3) is 4.51. The maximum atomic E-state index is 14.1. The highest BCUT2D eigenvalue weighted by Gasteiger charge is 2.34. The average Bonchev–Trinajstić information content (AvgIpc) is 3.52. The first-order chi connectivity index (χ1) is 16.5. The van der Waals surface area contributed by atoms with Crippen LogP contribution < -0.4 is 5.32 Å². The standard InChI is InChI=1S/C26H23FN4OS2/c1-16-8-10-18(11-9-16)24-29-25(32-30-24)22-17(2)31(13-12-21-7-4-14-34-21)26(33)28-23(22)19-5-3-6-20(27)15-19/h3-11,14-15,23H,12-13H2,1-2H3,(H,28,33). The number of hydrogen-bond acceptors (Lipinski definition) is 5. The van der Waals surface area contributed by atoms with Crippen LogP contribution in [0.4, 0.5) is 4.39 Å². The molecule has 0 saturated carbocycles. The summed E-state index contributed by atoms with van der Waals surface area (Å²) >= 11 is 7.45. The zero-order valence-corrected chi connectivity index (χ0v) is 20.4. The van der Waals surface area contributed by atoms with Gasteiger partial charge in [0.1, 0.15) is 5.82 Å². The number of thiocarbonyl (C=S) groups is 1. The third-order valence-corrected chi connectivity index (χ3v) is 7.18. The fourth-order valence-electron chi connectivity index (χ4n) is 4.09. The van der Waals surface area contributed by atoms with Gasteiger partial charge >= 0.3 is 0 Å². The molecule has 0 radical (unpaired) electrons. The number of benzene rings is 2. The Morgan fingerprint density at radius 3 is 2.68 bits per heavy atom. The van der Waals surface area contributed by atoms with Crippen LogP contribution in [0.3, 0.4) is 0 Å². The molecule has 8 heteroatoms. The van der Waals surface area contributed by atoms with E-state index in [4.69, 9.17) is 21.7 Å². The number of thiophene rings is 1. The Balaban J connectivity index is 1.56. The van der Waals surface area contributed by atoms with Gasteiger partial charge in [0.15, 0.2) is 5.11 Å². The highest BCUT2D eigenvalue weighted by molar-refractivity contribution is 7.80. The van der Waals surface area contributed by atoms with Crippen molar-refractivity contribution >= 4 is 34.2 Å². The Labute approximate surface area is 206 Å². The molecule has 172 valence electrons. The maximum absolute atomic E-state index is 14.1. The average molecular weight is 491 g/mol. The van der Waals surface area contributed by atoms with Gasteiger partial charge in [0.2, 0.25) is 5.82 Å². The second-order valence-electron chi connectivity index (χ2n) is 8.21. The van der Waals surface area contributed by atoms with Gasteiger partial charge in [-0.1, -0.05) is 53.2 Å². The first-order valence-electron chi connectivity index (χ1n) is 11.0. The molecule has 2 aromatic heterocycles. The number of hydrogen-bond donors (Lipinski definition) is 1. The molecule has 1 atom stereocenters. The van der Waals surface area contributed by atoms with E-state index in [-0.39, 0.29) is 5.82 Å². The number of nitrogens with zero attached hydrogens (tertiary/aromatic N) is 3. The smallest absolute Gasteiger partial charge is 0.258 e. The summed E-state index contributed by atoms with van der Waals surface area (Å²) < 4.78 is 19.9. The van der Waals surface area contributed by atoms with Gasteiger partial charge in [0.05, 0.1) is 11.6 Å². The lowest BCUT2D eigenvalue weighted by atomic mass is 9.94. The lowest BCUT2D eigenvalue weighted by Crippen LogP contribution is -2.46. The molecule has 0 spiro atoms. The highest BCUT2D eigenvalue weighted by atomic mass is 32.1. The summed E-state index contributed by atoms with van der Waals surface area (Å²) in [4.78, 5) is 8.05. The number of rotatable bonds is 6. The summed E-state index contributed by atoms with van der Waals surface area (Å²) in [5.74, 6) is 0.582. The van der Waals surface area contributed by atoms with Crippen molar-refractivity contribution in [1.29, 1.82) is 0 Å². The Kier molecular flexibility index (Phi) is 6.26. The number of nitrogens with one attached hydrogen (secondary N) is 1. The lowest BCUT2D eigenvalue weighted by Gasteiger charge is -2.37. The van der Waals surface area contributed by atoms with Crippen LogP contribution in [0.25, 0.3) is 17.0 Å². The molecule has 34 heavy (non-hydrogen) atoms. The van der Waals surface area contributed by atoms with Crippen LogP contribution in [0.1, 0.15) is 34.9 Å². The van der Waals surface area contributed by atoms with Crippen LogP contribution >= 0.6 is 23.6 Å². The van der Waals surface area contributed by atoms with Crippen molar-refractivity contribution in [2.24, 2.45) is 0 Å². The second kappa shape index (κ2) is 9.48. The van der Waals surface area contributed by atoms with Crippen LogP contribution in [-0.4, -0.2) is 26.7 Å². The van der Waals surface area contributed by atoms with Crippen molar-refractivity contribution in [2.45, 2.75) is 26.3 Å². The second-order valence-corrected chi connectivity index (χ2v) is 9.63. The van der Waals surface area contributed by atoms with E-state index in [1.54, 1.807) is 17.4 Å². The van der Waals surface area contributed by atoms with Crippen molar-refractivity contribution < 1.29 is 8.91 Å². The largest absolute Gasteiger partial charge is 0.351 e. The van der Waals surface area contributed by atoms with Gasteiger partial charge in [-0.15, -0.1) is 11.3 Å². The summed E-state index contributed by atoms with van der Waals surface area (Å²) in [6.45, 7) is 4.74. The molecular formula is C26H23FN4OS2. The molecule has 0 saturated heterocycles. The van der Waals surface area contributed by atoms with Crippen molar-refractivity contribution in [3.05, 3.63) is 99.5 Å². The van der Waals surface area contributed by atoms with Crippen molar-refractivity contribution in [2.75, 3.05) is 6.54 Å². The van der Waals surface area contributed by atoms with Gasteiger partial charge in [-0.2, -0.15) is 4.98 Å². The van der Waals surface area contributed by atoms with E-state index in [1.165, 1.54) is 17.0 Å². The third-order valence-electron chi connectivity index (χ3n) is 5.91. The molecule has 0 amide bonds. The van der Waals surface area contributed by atoms with Gasteiger partial charge in [-0.05, 0) is 61.6 Å². The molecular weight excluding hydrogens is 467 g/mol. The van der Waals surface area contributed by atoms with Crippen molar-refractivity contribution in [3.8, 4) is 11.4 Å². The topological polar surface area (TPSA) is 54.2 Å². The fraction of sp³-hybridized carbons (Fsp3) is 0.192. The van der Waals surface area contributed by atoms with E-state index in [1.807, 2.05) is 50.2 Å². The van der Waals surface area contributed by atoms with Gasteiger partial charge < -0.3 is 14.7 Å². The first kappa shape index (κ1) is 22.4. The van der Waals surface area contributed by atoms with E-state index in [9.17, 15) is 4.39 Å². The van der Waals surface area contributed by atoms with E-state index in [2.05, 4.69) is 26.8 Å². The van der Waals surface area contributed by atoms with Crippen LogP contribution in [0.2, 0.25) is 0 Å². The summed E-state index contributed by atoms with van der Waals surface area (Å²) in [5.41, 5.74) is 4.47. The zero-order valence-electron chi connectivity index (χ0n) is 18.8. The molecule has 0 aliphatic carbocycles. The Bertz CT molecular complexity index is 1350. The lowest BCUT2D eigenvalue weighted by molar-refractivity contribution is 0.397. The minimum Gasteiger partial charge on any atom is -0.351 e. The van der Waals surface area contributed by atoms with Gasteiger partial charge in [-0.3, -0.25) is 0 Å². The highest BCUT2D eigenvalue weighted by Crippen LogP contribution is 2.37. The van der Waals surface area contributed by atoms with Crippen molar-refractivity contribution in [1.82, 2.24) is 20.4 Å². The molecule has 1 aliphatic rings. The van der Waals surface area contributed by atoms with E-state index >= 15 is 0 Å². The predicted octanol–water partition coefficient (Wildman–Crippen LogP) is 6.15. The van der Waals surface area contributed by atoms with E-state index in [0.29, 0.717) is 23.4 Å². The minimum absolute atomic E-state index is 0.312. The summed E-state index contributed by atoms with van der Waals surface area (Å²) in [5, 5.41) is 10.3. The Hall–Kier alpha value is -3.36. The van der Waals surface area contributed by atoms with Gasteiger partial charge in [0.25, 0.3) is 5.89 Å². The van der Waals surface area contributed by atoms with Crippen LogP contribution in [0, 0.1) is 12.7 Å². The molecule has 2 aromatic carbocycles. The van der Waals surface area contributed by atoms with Gasteiger partial charge in [-0.25, -0.2) is 4.39 Å². The van der Waals surface area contributed by atoms with E-state index in [0.717, 1.165) is 34.4 Å². The molecule has 5 rings (SSSR count). The normalized spacial score (nSPS) is 16.1. The number of aromatic nitrogens is 2. The molecule has 1 N–H and O–H groups in total.